The molecular formula is C16H11F3N4S. The molecule has 24 heavy (non-hydrogen) atoms. The number of alkyl halides is 3. The van der Waals surface area contributed by atoms with Crippen molar-refractivity contribution in [3.63, 3.8) is 0 Å². The van der Waals surface area contributed by atoms with Crippen LogP contribution in [0.25, 0.3) is 32.5 Å². The molecule has 0 saturated heterocycles. The van der Waals surface area contributed by atoms with Gasteiger partial charge in [-0.15, -0.1) is 11.3 Å². The second-order valence-corrected chi connectivity index (χ2v) is 6.65. The van der Waals surface area contributed by atoms with Gasteiger partial charge in [0.05, 0.1) is 12.1 Å². The van der Waals surface area contributed by atoms with E-state index < -0.39 is 12.6 Å². The van der Waals surface area contributed by atoms with Gasteiger partial charge in [0, 0.05) is 40.7 Å². The topological polar surface area (TPSA) is 43.6 Å². The third-order valence-corrected chi connectivity index (χ3v) is 4.62. The lowest BCUT2D eigenvalue weighted by Crippen LogP contribution is -2.09. The van der Waals surface area contributed by atoms with Gasteiger partial charge in [0.1, 0.15) is 4.83 Å². The molecule has 0 amide bonds. The van der Waals surface area contributed by atoms with Crippen molar-refractivity contribution in [1.29, 1.82) is 0 Å². The SMILES string of the molecule is Cn1cc2cc(-c3ccc4cc(CC(F)(F)F)sc4n3)cnc2n1. The lowest BCUT2D eigenvalue weighted by molar-refractivity contribution is -0.126. The normalized spacial score (nSPS) is 12.3. The zero-order valence-corrected chi connectivity index (χ0v) is 13.3. The highest BCUT2D eigenvalue weighted by atomic mass is 32.1. The summed E-state index contributed by atoms with van der Waals surface area (Å²) in [4.78, 5) is 9.65. The van der Waals surface area contributed by atoms with Crippen LogP contribution in [0.5, 0.6) is 0 Å². The average molecular weight is 348 g/mol. The minimum absolute atomic E-state index is 0.267. The fourth-order valence-electron chi connectivity index (χ4n) is 2.59. The van der Waals surface area contributed by atoms with E-state index in [2.05, 4.69) is 15.1 Å². The number of hydrogen-bond donors (Lipinski definition) is 0. The Hall–Kier alpha value is -2.48. The molecule has 0 N–H and O–H groups in total. The van der Waals surface area contributed by atoms with Crippen LogP contribution >= 0.6 is 11.3 Å². The summed E-state index contributed by atoms with van der Waals surface area (Å²) < 4.78 is 39.3. The minimum atomic E-state index is -4.21. The second kappa shape index (κ2) is 5.27. The van der Waals surface area contributed by atoms with Crippen LogP contribution in [-0.2, 0) is 13.5 Å². The summed E-state index contributed by atoms with van der Waals surface area (Å²) in [7, 11) is 1.82. The van der Waals surface area contributed by atoms with Crippen molar-refractivity contribution in [1.82, 2.24) is 19.7 Å². The number of fused-ring (bicyclic) bond motifs is 2. The Kier molecular flexibility index (Phi) is 3.31. The molecule has 0 unspecified atom stereocenters. The van der Waals surface area contributed by atoms with Crippen molar-refractivity contribution >= 4 is 32.6 Å². The molecule has 0 aromatic carbocycles. The Balaban J connectivity index is 1.75. The number of halogens is 3. The molecule has 122 valence electrons. The van der Waals surface area contributed by atoms with Gasteiger partial charge in [0.15, 0.2) is 5.65 Å². The molecule has 4 rings (SSSR count). The van der Waals surface area contributed by atoms with Gasteiger partial charge in [-0.2, -0.15) is 18.3 Å². The van der Waals surface area contributed by atoms with Gasteiger partial charge in [0.25, 0.3) is 0 Å². The van der Waals surface area contributed by atoms with Gasteiger partial charge in [-0.05, 0) is 24.3 Å². The average Bonchev–Trinajstić information content (AvgIpc) is 3.04. The zero-order valence-electron chi connectivity index (χ0n) is 12.5. The van der Waals surface area contributed by atoms with Crippen LogP contribution in [0.3, 0.4) is 0 Å². The number of aryl methyl sites for hydroxylation is 1. The monoisotopic (exact) mass is 348 g/mol. The molecule has 0 atom stereocenters. The summed E-state index contributed by atoms with van der Waals surface area (Å²) in [6.07, 6.45) is -1.60. The molecule has 4 heterocycles. The van der Waals surface area contributed by atoms with Crippen LogP contribution < -0.4 is 0 Å². The summed E-state index contributed by atoms with van der Waals surface area (Å²) in [5.74, 6) is 0. The van der Waals surface area contributed by atoms with Crippen LogP contribution in [-0.4, -0.2) is 25.9 Å². The standard InChI is InChI=1S/C16H11F3N4S/c1-23-8-11-4-10(7-20-14(11)22-23)13-3-2-9-5-12(6-16(17,18)19)24-15(9)21-13/h2-5,7-8H,6H2,1H3. The van der Waals surface area contributed by atoms with E-state index in [1.54, 1.807) is 29.1 Å². The smallest absolute Gasteiger partial charge is 0.273 e. The molecule has 0 saturated carbocycles. The molecule has 0 fully saturated rings. The van der Waals surface area contributed by atoms with Crippen LogP contribution in [0.15, 0.2) is 36.7 Å². The first kappa shape index (κ1) is 15.1. The minimum Gasteiger partial charge on any atom is -0.273 e. The predicted octanol–water partition coefficient (Wildman–Crippen LogP) is 4.35. The maximum atomic E-state index is 12.5. The summed E-state index contributed by atoms with van der Waals surface area (Å²) >= 11 is 1.07. The molecule has 4 aromatic rings. The summed E-state index contributed by atoms with van der Waals surface area (Å²) in [5, 5.41) is 5.83. The molecule has 4 nitrogen and oxygen atoms in total. The number of nitrogens with zero attached hydrogens (tertiary/aromatic N) is 4. The van der Waals surface area contributed by atoms with Gasteiger partial charge in [0.2, 0.25) is 0 Å². The van der Waals surface area contributed by atoms with Crippen molar-refractivity contribution in [2.75, 3.05) is 0 Å². The van der Waals surface area contributed by atoms with E-state index in [0.717, 1.165) is 27.7 Å². The number of hydrogen-bond acceptors (Lipinski definition) is 4. The zero-order chi connectivity index (χ0) is 16.9. The van der Waals surface area contributed by atoms with Gasteiger partial charge >= 0.3 is 6.18 Å². The Morgan fingerprint density at radius 3 is 2.79 bits per heavy atom. The lowest BCUT2D eigenvalue weighted by atomic mass is 10.1. The Morgan fingerprint density at radius 1 is 1.17 bits per heavy atom. The molecule has 0 aliphatic carbocycles. The molecule has 0 aliphatic rings. The van der Waals surface area contributed by atoms with Gasteiger partial charge in [-0.3, -0.25) is 4.68 Å². The number of aromatic nitrogens is 4. The summed E-state index contributed by atoms with van der Waals surface area (Å²) in [5.41, 5.74) is 2.13. The van der Waals surface area contributed by atoms with E-state index in [-0.39, 0.29) is 4.88 Å². The summed E-state index contributed by atoms with van der Waals surface area (Å²) in [6, 6.07) is 7.06. The number of pyridine rings is 2. The third-order valence-electron chi connectivity index (χ3n) is 3.58. The molecule has 0 bridgehead atoms. The number of thiophene rings is 1. The molecule has 0 radical (unpaired) electrons. The highest BCUT2D eigenvalue weighted by Crippen LogP contribution is 2.31. The van der Waals surface area contributed by atoms with Crippen LogP contribution in [0.4, 0.5) is 13.2 Å². The van der Waals surface area contributed by atoms with E-state index in [4.69, 9.17) is 0 Å². The van der Waals surface area contributed by atoms with E-state index >= 15 is 0 Å². The van der Waals surface area contributed by atoms with Gasteiger partial charge in [-0.25, -0.2) is 9.97 Å². The van der Waals surface area contributed by atoms with Crippen LogP contribution in [0, 0.1) is 0 Å². The van der Waals surface area contributed by atoms with Crippen molar-refractivity contribution in [3.05, 3.63) is 41.5 Å². The van der Waals surface area contributed by atoms with E-state index in [1.807, 2.05) is 19.3 Å². The Labute approximate surface area is 138 Å². The largest absolute Gasteiger partial charge is 0.393 e. The van der Waals surface area contributed by atoms with Crippen LogP contribution in [0.1, 0.15) is 4.88 Å². The van der Waals surface area contributed by atoms with E-state index in [0.29, 0.717) is 16.2 Å². The van der Waals surface area contributed by atoms with Crippen molar-refractivity contribution < 1.29 is 13.2 Å². The van der Waals surface area contributed by atoms with Gasteiger partial charge in [-0.1, -0.05) is 0 Å². The maximum Gasteiger partial charge on any atom is 0.393 e. The first-order valence-electron chi connectivity index (χ1n) is 7.13. The van der Waals surface area contributed by atoms with E-state index in [9.17, 15) is 13.2 Å². The molecule has 4 aromatic heterocycles. The molecule has 0 aliphatic heterocycles. The van der Waals surface area contributed by atoms with Crippen LogP contribution in [0.2, 0.25) is 0 Å². The lowest BCUT2D eigenvalue weighted by Gasteiger charge is -2.01. The fraction of sp³-hybridized carbons (Fsp3) is 0.188. The third kappa shape index (κ3) is 2.84. The highest BCUT2D eigenvalue weighted by molar-refractivity contribution is 7.18. The van der Waals surface area contributed by atoms with Crippen molar-refractivity contribution in [2.24, 2.45) is 7.05 Å². The molecule has 8 heteroatoms. The molecule has 0 spiro atoms. The highest BCUT2D eigenvalue weighted by Gasteiger charge is 2.28. The predicted molar refractivity (Wildman–Crippen MR) is 86.9 cm³/mol. The Morgan fingerprint density at radius 2 is 2.00 bits per heavy atom. The maximum absolute atomic E-state index is 12.5. The Bertz CT molecular complexity index is 1050. The van der Waals surface area contributed by atoms with Crippen molar-refractivity contribution in [3.8, 4) is 11.3 Å². The first-order chi connectivity index (χ1) is 11.4. The first-order valence-corrected chi connectivity index (χ1v) is 7.95. The second-order valence-electron chi connectivity index (χ2n) is 5.54. The summed E-state index contributed by atoms with van der Waals surface area (Å²) in [6.45, 7) is 0. The fourth-order valence-corrected chi connectivity index (χ4v) is 3.65. The quantitative estimate of drug-likeness (QED) is 0.541. The number of rotatable bonds is 2. The van der Waals surface area contributed by atoms with Gasteiger partial charge < -0.3 is 0 Å². The van der Waals surface area contributed by atoms with Crippen molar-refractivity contribution in [2.45, 2.75) is 12.6 Å². The van der Waals surface area contributed by atoms with E-state index in [1.165, 1.54) is 0 Å². The molecular weight excluding hydrogens is 337 g/mol.